The highest BCUT2D eigenvalue weighted by atomic mass is 32.2. The summed E-state index contributed by atoms with van der Waals surface area (Å²) in [6.07, 6.45) is 0.0260. The molecule has 4 nitrogen and oxygen atoms in total. The summed E-state index contributed by atoms with van der Waals surface area (Å²) in [4.78, 5) is 24.5. The molecule has 2 rings (SSSR count). The van der Waals surface area contributed by atoms with Crippen LogP contribution >= 0.6 is 11.8 Å². The fourth-order valence-electron chi connectivity index (χ4n) is 2.08. The molecule has 0 saturated heterocycles. The predicted octanol–water partition coefficient (Wildman–Crippen LogP) is 3.95. The van der Waals surface area contributed by atoms with Gasteiger partial charge in [-0.3, -0.25) is 4.79 Å². The second-order valence-electron chi connectivity index (χ2n) is 5.02. The minimum absolute atomic E-state index is 0.0260. The fraction of sp³-hybridized carbons (Fsp3) is 0.222. The third kappa shape index (κ3) is 4.86. The highest BCUT2D eigenvalue weighted by Crippen LogP contribution is 2.31. The molecule has 5 heteroatoms. The van der Waals surface area contributed by atoms with Gasteiger partial charge in [-0.15, -0.1) is 0 Å². The van der Waals surface area contributed by atoms with E-state index in [2.05, 4.69) is 0 Å². The Morgan fingerprint density at radius 3 is 2.39 bits per heavy atom. The van der Waals surface area contributed by atoms with Crippen LogP contribution in [-0.4, -0.2) is 23.7 Å². The first-order valence-electron chi connectivity index (χ1n) is 7.26. The van der Waals surface area contributed by atoms with Crippen molar-refractivity contribution in [3.05, 3.63) is 59.2 Å². The van der Waals surface area contributed by atoms with E-state index in [9.17, 15) is 9.59 Å². The lowest BCUT2D eigenvalue weighted by atomic mass is 10.1. The molecule has 0 amide bonds. The summed E-state index contributed by atoms with van der Waals surface area (Å²) in [6, 6.07) is 12.9. The van der Waals surface area contributed by atoms with Crippen LogP contribution in [0.4, 0.5) is 0 Å². The van der Waals surface area contributed by atoms with Gasteiger partial charge in [-0.05, 0) is 55.3 Å². The van der Waals surface area contributed by atoms with Gasteiger partial charge >= 0.3 is 11.9 Å². The van der Waals surface area contributed by atoms with E-state index in [4.69, 9.17) is 9.84 Å². The van der Waals surface area contributed by atoms with E-state index in [-0.39, 0.29) is 12.4 Å². The normalized spacial score (nSPS) is 10.3. The summed E-state index contributed by atoms with van der Waals surface area (Å²) in [5.74, 6) is -1.15. The zero-order valence-electron chi connectivity index (χ0n) is 13.0. The van der Waals surface area contributed by atoms with E-state index in [1.54, 1.807) is 24.8 Å². The Bertz CT molecular complexity index is 707. The molecule has 0 bridgehead atoms. The smallest absolute Gasteiger partial charge is 0.338 e. The molecule has 0 heterocycles. The lowest BCUT2D eigenvalue weighted by Crippen LogP contribution is -2.04. The number of ether oxygens (including phenoxy) is 1. The first-order valence-corrected chi connectivity index (χ1v) is 8.07. The van der Waals surface area contributed by atoms with Gasteiger partial charge in [0.2, 0.25) is 0 Å². The summed E-state index contributed by atoms with van der Waals surface area (Å²) >= 11 is 1.58. The molecule has 2 aromatic carbocycles. The van der Waals surface area contributed by atoms with E-state index in [1.807, 2.05) is 43.3 Å². The van der Waals surface area contributed by atoms with Crippen LogP contribution in [0.1, 0.15) is 28.4 Å². The maximum absolute atomic E-state index is 11.7. The Morgan fingerprint density at radius 1 is 1.13 bits per heavy atom. The molecule has 120 valence electrons. The van der Waals surface area contributed by atoms with Crippen LogP contribution in [-0.2, 0) is 16.0 Å². The van der Waals surface area contributed by atoms with Gasteiger partial charge in [-0.25, -0.2) is 4.79 Å². The molecule has 0 atom stereocenters. The van der Waals surface area contributed by atoms with E-state index < -0.39 is 5.97 Å². The van der Waals surface area contributed by atoms with Crippen LogP contribution in [0.3, 0.4) is 0 Å². The number of hydrogen-bond donors (Lipinski definition) is 1. The molecule has 0 aliphatic carbocycles. The van der Waals surface area contributed by atoms with Crippen molar-refractivity contribution in [2.75, 3.05) is 6.61 Å². The predicted molar refractivity (Wildman–Crippen MR) is 89.0 cm³/mol. The van der Waals surface area contributed by atoms with E-state index in [1.165, 1.54) is 0 Å². The van der Waals surface area contributed by atoms with Gasteiger partial charge in [0, 0.05) is 9.79 Å². The minimum atomic E-state index is -0.837. The Kier molecular flexibility index (Phi) is 5.82. The van der Waals surface area contributed by atoms with Gasteiger partial charge in [0.05, 0.1) is 18.6 Å². The zero-order valence-corrected chi connectivity index (χ0v) is 13.9. The molecule has 1 N–H and O–H groups in total. The van der Waals surface area contributed by atoms with Crippen LogP contribution in [0.25, 0.3) is 0 Å². The van der Waals surface area contributed by atoms with E-state index in [0.29, 0.717) is 12.2 Å². The SMILES string of the molecule is CCOC(=O)c1ccc(Sc2ccc(CC(=O)O)cc2)c(C)c1. The topological polar surface area (TPSA) is 63.6 Å². The van der Waals surface area contributed by atoms with Gasteiger partial charge < -0.3 is 9.84 Å². The quantitative estimate of drug-likeness (QED) is 0.813. The summed E-state index contributed by atoms with van der Waals surface area (Å²) in [5, 5.41) is 8.77. The van der Waals surface area contributed by atoms with Gasteiger partial charge in [0.15, 0.2) is 0 Å². The van der Waals surface area contributed by atoms with Crippen molar-refractivity contribution in [2.45, 2.75) is 30.1 Å². The largest absolute Gasteiger partial charge is 0.481 e. The van der Waals surface area contributed by atoms with Crippen LogP contribution < -0.4 is 0 Å². The molecule has 0 aliphatic heterocycles. The van der Waals surface area contributed by atoms with Crippen LogP contribution in [0.2, 0.25) is 0 Å². The average molecular weight is 330 g/mol. The van der Waals surface area contributed by atoms with Crippen LogP contribution in [0.15, 0.2) is 52.3 Å². The van der Waals surface area contributed by atoms with Gasteiger partial charge in [-0.2, -0.15) is 0 Å². The summed E-state index contributed by atoms with van der Waals surface area (Å²) in [5.41, 5.74) is 2.32. The van der Waals surface area contributed by atoms with Gasteiger partial charge in [-0.1, -0.05) is 23.9 Å². The number of carboxylic acid groups (broad SMARTS) is 1. The number of aliphatic carboxylic acids is 1. The highest BCUT2D eigenvalue weighted by molar-refractivity contribution is 7.99. The highest BCUT2D eigenvalue weighted by Gasteiger charge is 2.09. The molecule has 0 aliphatic rings. The van der Waals surface area contributed by atoms with Gasteiger partial charge in [0.1, 0.15) is 0 Å². The molecular weight excluding hydrogens is 312 g/mol. The molecule has 0 spiro atoms. The van der Waals surface area contributed by atoms with Crippen molar-refractivity contribution >= 4 is 23.7 Å². The second-order valence-corrected chi connectivity index (χ2v) is 6.13. The summed E-state index contributed by atoms with van der Waals surface area (Å²) < 4.78 is 4.99. The van der Waals surface area contributed by atoms with E-state index in [0.717, 1.165) is 20.9 Å². The molecule has 0 aromatic heterocycles. The second kappa shape index (κ2) is 7.83. The number of carbonyl (C=O) groups is 2. The minimum Gasteiger partial charge on any atom is -0.481 e. The molecule has 0 unspecified atom stereocenters. The van der Waals surface area contributed by atoms with Crippen molar-refractivity contribution in [1.82, 2.24) is 0 Å². The zero-order chi connectivity index (χ0) is 16.8. The number of esters is 1. The number of hydrogen-bond acceptors (Lipinski definition) is 4. The van der Waals surface area contributed by atoms with Crippen LogP contribution in [0, 0.1) is 6.92 Å². The van der Waals surface area contributed by atoms with Crippen molar-refractivity contribution in [2.24, 2.45) is 0 Å². The first-order chi connectivity index (χ1) is 11.0. The Balaban J connectivity index is 2.11. The fourth-order valence-corrected chi connectivity index (χ4v) is 2.96. The lowest BCUT2D eigenvalue weighted by Gasteiger charge is -2.08. The Hall–Kier alpha value is -2.27. The summed E-state index contributed by atoms with van der Waals surface area (Å²) in [6.45, 7) is 4.09. The van der Waals surface area contributed by atoms with Crippen molar-refractivity contribution in [3.63, 3.8) is 0 Å². The number of aryl methyl sites for hydroxylation is 1. The number of benzene rings is 2. The number of carbonyl (C=O) groups excluding carboxylic acids is 1. The maximum atomic E-state index is 11.7. The standard InChI is InChI=1S/C18H18O4S/c1-3-22-18(21)14-6-9-16(12(2)10-14)23-15-7-4-13(5-8-15)11-17(19)20/h4-10H,3,11H2,1-2H3,(H,19,20). The summed E-state index contributed by atoms with van der Waals surface area (Å²) in [7, 11) is 0. The molecular formula is C18H18O4S. The lowest BCUT2D eigenvalue weighted by molar-refractivity contribution is -0.136. The first kappa shape index (κ1) is 17.1. The van der Waals surface area contributed by atoms with Crippen molar-refractivity contribution in [3.8, 4) is 0 Å². The number of carboxylic acids is 1. The molecule has 0 fully saturated rings. The Labute approximate surface area is 139 Å². The molecule has 23 heavy (non-hydrogen) atoms. The van der Waals surface area contributed by atoms with Crippen molar-refractivity contribution < 1.29 is 19.4 Å². The maximum Gasteiger partial charge on any atom is 0.338 e. The molecule has 0 saturated carbocycles. The molecule has 0 radical (unpaired) electrons. The Morgan fingerprint density at radius 2 is 1.83 bits per heavy atom. The third-order valence-electron chi connectivity index (χ3n) is 3.19. The van der Waals surface area contributed by atoms with E-state index >= 15 is 0 Å². The number of rotatable bonds is 6. The average Bonchev–Trinajstić information content (AvgIpc) is 2.51. The third-order valence-corrected chi connectivity index (χ3v) is 4.38. The van der Waals surface area contributed by atoms with Gasteiger partial charge in [0.25, 0.3) is 0 Å². The molecule has 2 aromatic rings. The monoisotopic (exact) mass is 330 g/mol. The van der Waals surface area contributed by atoms with Crippen LogP contribution in [0.5, 0.6) is 0 Å². The van der Waals surface area contributed by atoms with Crippen molar-refractivity contribution in [1.29, 1.82) is 0 Å².